The van der Waals surface area contributed by atoms with Gasteiger partial charge in [-0.25, -0.2) is 14.5 Å². The van der Waals surface area contributed by atoms with Crippen LogP contribution in [0.3, 0.4) is 0 Å². The quantitative estimate of drug-likeness (QED) is 0.483. The van der Waals surface area contributed by atoms with Crippen LogP contribution in [-0.2, 0) is 0 Å². The molecule has 0 aliphatic carbocycles. The number of carbonyl (C=O) groups is 1. The lowest BCUT2D eigenvalue weighted by atomic mass is 10.1. The average Bonchev–Trinajstić information content (AvgIpc) is 3.36. The number of fused-ring (bicyclic) bond motifs is 1. The van der Waals surface area contributed by atoms with E-state index in [9.17, 15) is 4.79 Å². The van der Waals surface area contributed by atoms with Gasteiger partial charge in [0.05, 0.1) is 11.4 Å². The molecule has 0 saturated heterocycles. The molecular weight excluding hydrogens is 398 g/mol. The molecule has 0 radical (unpaired) electrons. The second-order valence-corrected chi connectivity index (χ2v) is 7.18. The summed E-state index contributed by atoms with van der Waals surface area (Å²) in [4.78, 5) is 21.5. The third kappa shape index (κ3) is 3.91. The first-order chi connectivity index (χ1) is 14.6. The molecule has 0 fully saturated rings. The highest BCUT2D eigenvalue weighted by Gasteiger charge is 2.22. The predicted octanol–water partition coefficient (Wildman–Crippen LogP) is 3.40. The first kappa shape index (κ1) is 19.3. The van der Waals surface area contributed by atoms with Crippen molar-refractivity contribution in [3.63, 3.8) is 0 Å². The van der Waals surface area contributed by atoms with Crippen molar-refractivity contribution < 1.29 is 4.79 Å². The Labute approximate surface area is 176 Å². The van der Waals surface area contributed by atoms with Crippen LogP contribution in [0.25, 0.3) is 27.6 Å². The average molecular weight is 415 g/mol. The molecule has 148 valence electrons. The minimum absolute atomic E-state index is 0.432. The highest BCUT2D eigenvalue weighted by Crippen LogP contribution is 2.35. The number of rotatable bonds is 3. The summed E-state index contributed by atoms with van der Waals surface area (Å²) in [5.41, 5.74) is 9.33. The Bertz CT molecular complexity index is 1260. The van der Waals surface area contributed by atoms with E-state index in [-0.39, 0.29) is 0 Å². The number of hydrogen-bond donors (Lipinski definition) is 1. The van der Waals surface area contributed by atoms with E-state index < -0.39 is 5.91 Å². The fourth-order valence-corrected chi connectivity index (χ4v) is 3.90. The molecule has 0 unspecified atom stereocenters. The number of aromatic nitrogens is 6. The number of amides is 1. The summed E-state index contributed by atoms with van der Waals surface area (Å²) in [6.07, 6.45) is 4.97. The summed E-state index contributed by atoms with van der Waals surface area (Å²) in [6.45, 7) is 1.90. The Morgan fingerprint density at radius 1 is 0.933 bits per heavy atom. The largest absolute Gasteiger partial charge is 0.365 e. The number of nitrogens with zero attached hydrogens (tertiary/aromatic N) is 6. The second kappa shape index (κ2) is 8.58. The summed E-state index contributed by atoms with van der Waals surface area (Å²) in [7, 11) is 0. The molecule has 0 saturated carbocycles. The SMILES string of the molecule is Cc1nc2cccnn2c1-c1nc(-c2ccccc2)c(C(N)=O)s1.c1ccnnc1. The third-order valence-electron chi connectivity index (χ3n) is 4.15. The van der Waals surface area contributed by atoms with Gasteiger partial charge in [-0.1, -0.05) is 30.3 Å². The molecule has 30 heavy (non-hydrogen) atoms. The first-order valence-corrected chi connectivity index (χ1v) is 9.85. The summed E-state index contributed by atoms with van der Waals surface area (Å²) < 4.78 is 1.73. The van der Waals surface area contributed by atoms with Crippen molar-refractivity contribution in [2.75, 3.05) is 0 Å². The van der Waals surface area contributed by atoms with Gasteiger partial charge in [-0.3, -0.25) is 4.79 Å². The molecule has 5 aromatic rings. The van der Waals surface area contributed by atoms with Gasteiger partial charge < -0.3 is 5.73 Å². The smallest absolute Gasteiger partial charge is 0.261 e. The molecule has 4 aromatic heterocycles. The van der Waals surface area contributed by atoms with Crippen LogP contribution in [0.2, 0.25) is 0 Å². The zero-order valence-corrected chi connectivity index (χ0v) is 16.8. The van der Waals surface area contributed by atoms with Crippen LogP contribution < -0.4 is 5.73 Å². The second-order valence-electron chi connectivity index (χ2n) is 6.18. The lowest BCUT2D eigenvalue weighted by molar-refractivity contribution is 0.100. The van der Waals surface area contributed by atoms with E-state index in [0.29, 0.717) is 15.6 Å². The van der Waals surface area contributed by atoms with Gasteiger partial charge in [-0.15, -0.1) is 11.3 Å². The number of thiazole rings is 1. The van der Waals surface area contributed by atoms with Crippen LogP contribution in [-0.4, -0.2) is 35.7 Å². The standard InChI is InChI=1S/C17H13N5OS.C4H4N2/c1-10-14(22-12(20-10)8-5-9-19-22)17-21-13(15(24-17)16(18)23)11-6-3-2-4-7-11;1-2-4-6-5-3-1/h2-9H,1H3,(H2,18,23);1-4H. The van der Waals surface area contributed by atoms with Gasteiger partial charge in [0.25, 0.3) is 5.91 Å². The maximum atomic E-state index is 11.9. The van der Waals surface area contributed by atoms with Crippen LogP contribution in [0, 0.1) is 6.92 Å². The summed E-state index contributed by atoms with van der Waals surface area (Å²) in [6, 6.07) is 16.9. The van der Waals surface area contributed by atoms with E-state index in [2.05, 4.69) is 25.3 Å². The van der Waals surface area contributed by atoms with Crippen LogP contribution in [0.15, 0.2) is 73.2 Å². The fraction of sp³-hybridized carbons (Fsp3) is 0.0476. The van der Waals surface area contributed by atoms with E-state index in [1.54, 1.807) is 23.1 Å². The van der Waals surface area contributed by atoms with Crippen molar-refractivity contribution in [1.82, 2.24) is 29.8 Å². The monoisotopic (exact) mass is 415 g/mol. The number of hydrogen-bond acceptors (Lipinski definition) is 7. The van der Waals surface area contributed by atoms with Crippen molar-refractivity contribution in [3.8, 4) is 22.0 Å². The first-order valence-electron chi connectivity index (χ1n) is 9.03. The zero-order valence-electron chi connectivity index (χ0n) is 16.0. The Kier molecular flexibility index (Phi) is 5.53. The summed E-state index contributed by atoms with van der Waals surface area (Å²) >= 11 is 1.26. The van der Waals surface area contributed by atoms with Gasteiger partial charge in [0, 0.05) is 24.2 Å². The Morgan fingerprint density at radius 3 is 2.30 bits per heavy atom. The van der Waals surface area contributed by atoms with Crippen molar-refractivity contribution in [2.45, 2.75) is 6.92 Å². The molecule has 9 heteroatoms. The molecule has 4 heterocycles. The molecule has 0 atom stereocenters. The molecule has 8 nitrogen and oxygen atoms in total. The van der Waals surface area contributed by atoms with E-state index in [0.717, 1.165) is 22.6 Å². The fourth-order valence-electron chi connectivity index (χ4n) is 2.88. The topological polar surface area (TPSA) is 112 Å². The van der Waals surface area contributed by atoms with Crippen molar-refractivity contribution in [1.29, 1.82) is 0 Å². The van der Waals surface area contributed by atoms with Gasteiger partial charge in [0.15, 0.2) is 5.65 Å². The molecule has 2 N–H and O–H groups in total. The van der Waals surface area contributed by atoms with Crippen molar-refractivity contribution >= 4 is 22.9 Å². The lowest BCUT2D eigenvalue weighted by Crippen LogP contribution is -2.10. The number of carbonyl (C=O) groups excluding carboxylic acids is 1. The van der Waals surface area contributed by atoms with Gasteiger partial charge in [0.1, 0.15) is 15.6 Å². The summed E-state index contributed by atoms with van der Waals surface area (Å²) in [5, 5.41) is 12.1. The van der Waals surface area contributed by atoms with E-state index in [4.69, 9.17) is 5.73 Å². The van der Waals surface area contributed by atoms with Crippen molar-refractivity contribution in [3.05, 3.63) is 83.8 Å². The van der Waals surface area contributed by atoms with Gasteiger partial charge in [0.2, 0.25) is 0 Å². The molecule has 0 spiro atoms. The molecule has 5 rings (SSSR count). The number of primary amides is 1. The van der Waals surface area contributed by atoms with Gasteiger partial charge >= 0.3 is 0 Å². The van der Waals surface area contributed by atoms with Gasteiger partial charge in [-0.2, -0.15) is 15.3 Å². The van der Waals surface area contributed by atoms with Crippen LogP contribution in [0.1, 0.15) is 15.4 Å². The highest BCUT2D eigenvalue weighted by molar-refractivity contribution is 7.17. The van der Waals surface area contributed by atoms with Crippen molar-refractivity contribution in [2.24, 2.45) is 5.73 Å². The van der Waals surface area contributed by atoms with E-state index >= 15 is 0 Å². The molecule has 0 aliphatic rings. The summed E-state index contributed by atoms with van der Waals surface area (Å²) in [5.74, 6) is -0.489. The van der Waals surface area contributed by atoms with Gasteiger partial charge in [-0.05, 0) is 31.2 Å². The van der Waals surface area contributed by atoms with Crippen LogP contribution in [0.4, 0.5) is 0 Å². The number of imidazole rings is 1. The van der Waals surface area contributed by atoms with E-state index in [1.165, 1.54) is 11.3 Å². The number of nitrogens with two attached hydrogens (primary N) is 1. The predicted molar refractivity (Wildman–Crippen MR) is 115 cm³/mol. The third-order valence-corrected chi connectivity index (χ3v) is 5.23. The normalized spacial score (nSPS) is 10.4. The lowest BCUT2D eigenvalue weighted by Gasteiger charge is -1.98. The Balaban J connectivity index is 0.000000313. The molecule has 0 bridgehead atoms. The maximum Gasteiger partial charge on any atom is 0.261 e. The van der Waals surface area contributed by atoms with E-state index in [1.807, 2.05) is 61.5 Å². The molecular formula is C21H17N7OS. The maximum absolute atomic E-state index is 11.9. The number of aryl methyl sites for hydroxylation is 1. The van der Waals surface area contributed by atoms with Crippen LogP contribution >= 0.6 is 11.3 Å². The Hall–Kier alpha value is -3.98. The highest BCUT2D eigenvalue weighted by atomic mass is 32.1. The molecule has 0 aliphatic heterocycles. The number of benzene rings is 1. The molecule has 1 aromatic carbocycles. The molecule has 1 amide bonds. The minimum atomic E-state index is -0.489. The minimum Gasteiger partial charge on any atom is -0.365 e. The van der Waals surface area contributed by atoms with Crippen LogP contribution in [0.5, 0.6) is 0 Å². The Morgan fingerprint density at radius 2 is 1.67 bits per heavy atom. The zero-order chi connectivity index (χ0) is 20.9.